The van der Waals surface area contributed by atoms with E-state index in [1.165, 1.54) is 0 Å². The largest absolute Gasteiger partial charge is 0.348 e. The lowest BCUT2D eigenvalue weighted by Gasteiger charge is -2.24. The first-order valence-electron chi connectivity index (χ1n) is 6.48. The van der Waals surface area contributed by atoms with Crippen LogP contribution >= 0.6 is 0 Å². The molecule has 2 aliphatic rings. The standard InChI is InChI=1S/C14H17NO3/c16-13-6-2-7-15(13)12-5-1-4-11(10-12)14-17-8-3-9-18-14/h1,4-5,10,14H,2-3,6-9H2. The number of anilines is 1. The van der Waals surface area contributed by atoms with Crippen molar-refractivity contribution in [2.75, 3.05) is 24.7 Å². The number of ether oxygens (including phenoxy) is 2. The summed E-state index contributed by atoms with van der Waals surface area (Å²) in [5.41, 5.74) is 1.94. The summed E-state index contributed by atoms with van der Waals surface area (Å²) in [6.45, 7) is 2.28. The van der Waals surface area contributed by atoms with E-state index in [9.17, 15) is 4.79 Å². The van der Waals surface area contributed by atoms with E-state index in [2.05, 4.69) is 0 Å². The van der Waals surface area contributed by atoms with Crippen molar-refractivity contribution in [3.05, 3.63) is 29.8 Å². The Morgan fingerprint density at radius 3 is 2.72 bits per heavy atom. The number of amides is 1. The number of nitrogens with zero attached hydrogens (tertiary/aromatic N) is 1. The molecule has 4 nitrogen and oxygen atoms in total. The maximum absolute atomic E-state index is 11.7. The molecule has 2 fully saturated rings. The molecule has 0 aliphatic carbocycles. The fourth-order valence-electron chi connectivity index (χ4n) is 2.44. The lowest BCUT2D eigenvalue weighted by molar-refractivity contribution is -0.183. The highest BCUT2D eigenvalue weighted by atomic mass is 16.7. The first-order chi connectivity index (χ1) is 8.84. The van der Waals surface area contributed by atoms with Gasteiger partial charge in [0.1, 0.15) is 0 Å². The van der Waals surface area contributed by atoms with Gasteiger partial charge in [-0.15, -0.1) is 0 Å². The molecule has 0 atom stereocenters. The number of carbonyl (C=O) groups excluding carboxylic acids is 1. The van der Waals surface area contributed by atoms with Crippen LogP contribution in [-0.4, -0.2) is 25.7 Å². The van der Waals surface area contributed by atoms with E-state index >= 15 is 0 Å². The van der Waals surface area contributed by atoms with Crippen LogP contribution in [0, 0.1) is 0 Å². The second-order valence-electron chi connectivity index (χ2n) is 4.67. The van der Waals surface area contributed by atoms with Crippen molar-refractivity contribution in [3.63, 3.8) is 0 Å². The minimum atomic E-state index is -0.281. The van der Waals surface area contributed by atoms with Crippen LogP contribution in [0.4, 0.5) is 5.69 Å². The highest BCUT2D eigenvalue weighted by Gasteiger charge is 2.23. The Morgan fingerprint density at radius 1 is 1.17 bits per heavy atom. The van der Waals surface area contributed by atoms with Gasteiger partial charge < -0.3 is 14.4 Å². The van der Waals surface area contributed by atoms with Gasteiger partial charge >= 0.3 is 0 Å². The monoisotopic (exact) mass is 247 g/mol. The molecule has 0 saturated carbocycles. The van der Waals surface area contributed by atoms with Crippen LogP contribution in [0.25, 0.3) is 0 Å². The van der Waals surface area contributed by atoms with Crippen LogP contribution in [0.1, 0.15) is 31.1 Å². The summed E-state index contributed by atoms with van der Waals surface area (Å²) in [7, 11) is 0. The van der Waals surface area contributed by atoms with Crippen LogP contribution in [0.3, 0.4) is 0 Å². The van der Waals surface area contributed by atoms with Crippen LogP contribution < -0.4 is 4.90 Å². The third kappa shape index (κ3) is 2.26. The zero-order valence-corrected chi connectivity index (χ0v) is 10.3. The fourth-order valence-corrected chi connectivity index (χ4v) is 2.44. The predicted octanol–water partition coefficient (Wildman–Crippen LogP) is 2.25. The molecule has 1 aromatic rings. The van der Waals surface area contributed by atoms with Gasteiger partial charge in [0.15, 0.2) is 6.29 Å². The van der Waals surface area contributed by atoms with Gasteiger partial charge in [-0.3, -0.25) is 4.79 Å². The molecule has 2 saturated heterocycles. The van der Waals surface area contributed by atoms with Gasteiger partial charge in [0.05, 0.1) is 13.2 Å². The molecule has 0 spiro atoms. The summed E-state index contributed by atoms with van der Waals surface area (Å²) < 4.78 is 11.2. The number of benzene rings is 1. The molecule has 3 rings (SSSR count). The molecule has 0 bridgehead atoms. The minimum Gasteiger partial charge on any atom is -0.348 e. The van der Waals surface area contributed by atoms with E-state index in [1.807, 2.05) is 29.2 Å². The molecule has 96 valence electrons. The van der Waals surface area contributed by atoms with Gasteiger partial charge in [0.25, 0.3) is 0 Å². The third-order valence-corrected chi connectivity index (χ3v) is 3.35. The van der Waals surface area contributed by atoms with Crippen LogP contribution in [0.2, 0.25) is 0 Å². The van der Waals surface area contributed by atoms with Crippen LogP contribution in [-0.2, 0) is 14.3 Å². The highest BCUT2D eigenvalue weighted by Crippen LogP contribution is 2.28. The molecule has 2 heterocycles. The van der Waals surface area contributed by atoms with Gasteiger partial charge in [-0.2, -0.15) is 0 Å². The van der Waals surface area contributed by atoms with E-state index in [4.69, 9.17) is 9.47 Å². The molecule has 0 unspecified atom stereocenters. The van der Waals surface area contributed by atoms with Gasteiger partial charge in [0.2, 0.25) is 5.91 Å². The smallest absolute Gasteiger partial charge is 0.227 e. The summed E-state index contributed by atoms with van der Waals surface area (Å²) in [5.74, 6) is 0.206. The van der Waals surface area contributed by atoms with Crippen molar-refractivity contribution in [1.29, 1.82) is 0 Å². The van der Waals surface area contributed by atoms with E-state index in [0.717, 1.165) is 43.9 Å². The SMILES string of the molecule is O=C1CCCN1c1cccc(C2OCCCO2)c1. The molecule has 0 aromatic heterocycles. The summed E-state index contributed by atoms with van der Waals surface area (Å²) >= 11 is 0. The molecule has 0 radical (unpaired) electrons. The Kier molecular flexibility index (Phi) is 3.30. The summed E-state index contributed by atoms with van der Waals surface area (Å²) in [4.78, 5) is 13.6. The molecule has 18 heavy (non-hydrogen) atoms. The van der Waals surface area contributed by atoms with Crippen molar-refractivity contribution in [1.82, 2.24) is 0 Å². The van der Waals surface area contributed by atoms with Gasteiger partial charge in [-0.25, -0.2) is 0 Å². The Balaban J connectivity index is 1.82. The maximum Gasteiger partial charge on any atom is 0.227 e. The molecule has 2 aliphatic heterocycles. The molecule has 1 amide bonds. The number of rotatable bonds is 2. The third-order valence-electron chi connectivity index (χ3n) is 3.35. The topological polar surface area (TPSA) is 38.8 Å². The number of hydrogen-bond acceptors (Lipinski definition) is 3. The Bertz CT molecular complexity index is 440. The Morgan fingerprint density at radius 2 is 2.00 bits per heavy atom. The minimum absolute atomic E-state index is 0.206. The van der Waals surface area contributed by atoms with Gasteiger partial charge in [-0.05, 0) is 25.0 Å². The molecule has 0 N–H and O–H groups in total. The lowest BCUT2D eigenvalue weighted by Crippen LogP contribution is -2.24. The second-order valence-corrected chi connectivity index (χ2v) is 4.67. The second kappa shape index (κ2) is 5.08. The summed E-state index contributed by atoms with van der Waals surface area (Å²) in [6, 6.07) is 7.91. The number of hydrogen-bond donors (Lipinski definition) is 0. The van der Waals surface area contributed by atoms with Crippen LogP contribution in [0.15, 0.2) is 24.3 Å². The van der Waals surface area contributed by atoms with Crippen molar-refractivity contribution in [2.45, 2.75) is 25.6 Å². The molecular weight excluding hydrogens is 230 g/mol. The molecule has 4 heteroatoms. The van der Waals surface area contributed by atoms with E-state index in [-0.39, 0.29) is 12.2 Å². The van der Waals surface area contributed by atoms with Gasteiger partial charge in [-0.1, -0.05) is 12.1 Å². The maximum atomic E-state index is 11.7. The van der Waals surface area contributed by atoms with E-state index < -0.39 is 0 Å². The Hall–Kier alpha value is -1.39. The normalized spacial score (nSPS) is 21.6. The highest BCUT2D eigenvalue weighted by molar-refractivity contribution is 5.95. The van der Waals surface area contributed by atoms with E-state index in [0.29, 0.717) is 6.42 Å². The Labute approximate surface area is 106 Å². The predicted molar refractivity (Wildman–Crippen MR) is 67.3 cm³/mol. The molecule has 1 aromatic carbocycles. The lowest BCUT2D eigenvalue weighted by atomic mass is 10.1. The fraction of sp³-hybridized carbons (Fsp3) is 0.500. The average molecular weight is 247 g/mol. The summed E-state index contributed by atoms with van der Waals surface area (Å²) in [6.07, 6.45) is 2.26. The first kappa shape index (κ1) is 11.7. The van der Waals surface area contributed by atoms with Crippen molar-refractivity contribution in [2.24, 2.45) is 0 Å². The van der Waals surface area contributed by atoms with E-state index in [1.54, 1.807) is 0 Å². The van der Waals surface area contributed by atoms with Gasteiger partial charge in [0, 0.05) is 24.2 Å². The van der Waals surface area contributed by atoms with Crippen molar-refractivity contribution in [3.8, 4) is 0 Å². The van der Waals surface area contributed by atoms with Crippen molar-refractivity contribution >= 4 is 11.6 Å². The zero-order chi connectivity index (χ0) is 12.4. The number of carbonyl (C=O) groups is 1. The first-order valence-corrected chi connectivity index (χ1v) is 6.48. The summed E-state index contributed by atoms with van der Waals surface area (Å²) in [5, 5.41) is 0. The zero-order valence-electron chi connectivity index (χ0n) is 10.3. The molecular formula is C14H17NO3. The quantitative estimate of drug-likeness (QED) is 0.804. The van der Waals surface area contributed by atoms with Crippen molar-refractivity contribution < 1.29 is 14.3 Å². The van der Waals surface area contributed by atoms with Crippen LogP contribution in [0.5, 0.6) is 0 Å². The average Bonchev–Trinajstić information content (AvgIpc) is 2.86.